The SMILES string of the molecule is NC(=O)c1ccccc1CNc1cc(Br)c(F)cc1F. The molecule has 0 fully saturated rings. The third-order valence-electron chi connectivity index (χ3n) is 2.76. The number of carbonyl (C=O) groups is 1. The van der Waals surface area contributed by atoms with Crippen LogP contribution in [0, 0.1) is 11.6 Å². The Morgan fingerprint density at radius 2 is 1.90 bits per heavy atom. The predicted octanol–water partition coefficient (Wildman–Crippen LogP) is 3.44. The molecule has 0 aliphatic carbocycles. The smallest absolute Gasteiger partial charge is 0.249 e. The van der Waals surface area contributed by atoms with E-state index in [-0.39, 0.29) is 16.7 Å². The molecule has 0 aromatic heterocycles. The van der Waals surface area contributed by atoms with Crippen molar-refractivity contribution in [2.45, 2.75) is 6.54 Å². The summed E-state index contributed by atoms with van der Waals surface area (Å²) in [6.45, 7) is 0.202. The summed E-state index contributed by atoms with van der Waals surface area (Å²) in [6, 6.07) is 8.84. The first-order chi connectivity index (χ1) is 9.49. The van der Waals surface area contributed by atoms with Gasteiger partial charge in [0.05, 0.1) is 10.2 Å². The summed E-state index contributed by atoms with van der Waals surface area (Å²) >= 11 is 2.99. The van der Waals surface area contributed by atoms with Gasteiger partial charge in [0.1, 0.15) is 11.6 Å². The van der Waals surface area contributed by atoms with Crippen molar-refractivity contribution in [1.29, 1.82) is 0 Å². The topological polar surface area (TPSA) is 55.1 Å². The van der Waals surface area contributed by atoms with Crippen molar-refractivity contribution in [3.05, 3.63) is 63.6 Å². The van der Waals surface area contributed by atoms with Gasteiger partial charge in [-0.1, -0.05) is 18.2 Å². The number of hydrogen-bond acceptors (Lipinski definition) is 2. The molecule has 2 aromatic rings. The van der Waals surface area contributed by atoms with Crippen LogP contribution in [0.5, 0.6) is 0 Å². The third-order valence-corrected chi connectivity index (χ3v) is 3.37. The van der Waals surface area contributed by atoms with E-state index in [0.29, 0.717) is 11.1 Å². The van der Waals surface area contributed by atoms with Crippen molar-refractivity contribution in [2.24, 2.45) is 5.73 Å². The summed E-state index contributed by atoms with van der Waals surface area (Å²) in [6.07, 6.45) is 0. The molecular weight excluding hydrogens is 330 g/mol. The molecule has 104 valence electrons. The Kier molecular flexibility index (Phi) is 4.34. The quantitative estimate of drug-likeness (QED) is 0.837. The summed E-state index contributed by atoms with van der Waals surface area (Å²) in [5.74, 6) is -1.93. The zero-order valence-corrected chi connectivity index (χ0v) is 11.9. The minimum atomic E-state index is -0.706. The molecule has 0 saturated heterocycles. The maximum Gasteiger partial charge on any atom is 0.249 e. The fourth-order valence-corrected chi connectivity index (χ4v) is 2.11. The van der Waals surface area contributed by atoms with E-state index in [1.807, 2.05) is 0 Å². The fraction of sp³-hybridized carbons (Fsp3) is 0.0714. The molecular formula is C14H11BrF2N2O. The van der Waals surface area contributed by atoms with Crippen LogP contribution in [0.3, 0.4) is 0 Å². The average molecular weight is 341 g/mol. The number of hydrogen-bond donors (Lipinski definition) is 2. The van der Waals surface area contributed by atoms with Gasteiger partial charge in [-0.2, -0.15) is 0 Å². The van der Waals surface area contributed by atoms with Crippen molar-refractivity contribution in [2.75, 3.05) is 5.32 Å². The normalized spacial score (nSPS) is 10.3. The Bertz CT molecular complexity index is 662. The highest BCUT2D eigenvalue weighted by atomic mass is 79.9. The van der Waals surface area contributed by atoms with Crippen LogP contribution in [0.2, 0.25) is 0 Å². The Morgan fingerprint density at radius 3 is 2.60 bits per heavy atom. The van der Waals surface area contributed by atoms with Gasteiger partial charge in [0.2, 0.25) is 5.91 Å². The molecule has 1 amide bonds. The van der Waals surface area contributed by atoms with Crippen molar-refractivity contribution in [3.8, 4) is 0 Å². The van der Waals surface area contributed by atoms with Gasteiger partial charge in [0.25, 0.3) is 0 Å². The van der Waals surface area contributed by atoms with E-state index in [2.05, 4.69) is 21.2 Å². The van der Waals surface area contributed by atoms with Gasteiger partial charge in [-0.25, -0.2) is 8.78 Å². The van der Waals surface area contributed by atoms with Gasteiger partial charge < -0.3 is 11.1 Å². The minimum absolute atomic E-state index is 0.137. The van der Waals surface area contributed by atoms with Crippen LogP contribution in [0.15, 0.2) is 40.9 Å². The highest BCUT2D eigenvalue weighted by Gasteiger charge is 2.10. The Labute approximate surface area is 122 Å². The monoisotopic (exact) mass is 340 g/mol. The van der Waals surface area contributed by atoms with Crippen LogP contribution in [0.1, 0.15) is 15.9 Å². The zero-order chi connectivity index (χ0) is 14.7. The van der Waals surface area contributed by atoms with Crippen LogP contribution in [-0.2, 0) is 6.54 Å². The summed E-state index contributed by atoms with van der Waals surface area (Å²) in [7, 11) is 0. The summed E-state index contributed by atoms with van der Waals surface area (Å²) in [4.78, 5) is 11.3. The summed E-state index contributed by atoms with van der Waals surface area (Å²) < 4.78 is 26.9. The van der Waals surface area contributed by atoms with Gasteiger partial charge in [-0.05, 0) is 33.6 Å². The molecule has 0 aliphatic rings. The molecule has 0 radical (unpaired) electrons. The number of halogens is 3. The molecule has 20 heavy (non-hydrogen) atoms. The third kappa shape index (κ3) is 3.14. The number of amides is 1. The fourth-order valence-electron chi connectivity index (χ4n) is 1.76. The second kappa shape index (κ2) is 6.00. The predicted molar refractivity (Wildman–Crippen MR) is 76.3 cm³/mol. The molecule has 0 saturated carbocycles. The highest BCUT2D eigenvalue weighted by molar-refractivity contribution is 9.10. The molecule has 3 nitrogen and oxygen atoms in total. The number of nitrogens with two attached hydrogens (primary N) is 1. The molecule has 6 heteroatoms. The highest BCUT2D eigenvalue weighted by Crippen LogP contribution is 2.24. The Morgan fingerprint density at radius 1 is 1.20 bits per heavy atom. The molecule has 0 atom stereocenters. The maximum atomic E-state index is 13.6. The van der Waals surface area contributed by atoms with E-state index in [4.69, 9.17) is 5.73 Å². The minimum Gasteiger partial charge on any atom is -0.379 e. The second-order valence-electron chi connectivity index (χ2n) is 4.12. The molecule has 0 unspecified atom stereocenters. The first-order valence-electron chi connectivity index (χ1n) is 5.75. The lowest BCUT2D eigenvalue weighted by Gasteiger charge is -2.11. The Balaban J connectivity index is 2.21. The molecule has 0 heterocycles. The Hall–Kier alpha value is -1.95. The first kappa shape index (κ1) is 14.5. The van der Waals surface area contributed by atoms with Crippen LogP contribution in [-0.4, -0.2) is 5.91 Å². The summed E-state index contributed by atoms with van der Waals surface area (Å²) in [5, 5.41) is 2.81. The average Bonchev–Trinajstić information content (AvgIpc) is 2.41. The van der Waals surface area contributed by atoms with E-state index in [0.717, 1.165) is 6.07 Å². The second-order valence-corrected chi connectivity index (χ2v) is 4.98. The molecule has 2 aromatic carbocycles. The van der Waals surface area contributed by atoms with E-state index in [1.54, 1.807) is 24.3 Å². The van der Waals surface area contributed by atoms with Crippen LogP contribution in [0.25, 0.3) is 0 Å². The van der Waals surface area contributed by atoms with Crippen molar-refractivity contribution in [3.63, 3.8) is 0 Å². The lowest BCUT2D eigenvalue weighted by Crippen LogP contribution is -2.15. The zero-order valence-electron chi connectivity index (χ0n) is 10.3. The lowest BCUT2D eigenvalue weighted by atomic mass is 10.1. The van der Waals surface area contributed by atoms with Gasteiger partial charge in [-0.3, -0.25) is 4.79 Å². The molecule has 0 aliphatic heterocycles. The first-order valence-corrected chi connectivity index (χ1v) is 6.54. The maximum absolute atomic E-state index is 13.6. The lowest BCUT2D eigenvalue weighted by molar-refractivity contribution is 0.0999. The van der Waals surface area contributed by atoms with Crippen LogP contribution < -0.4 is 11.1 Å². The van der Waals surface area contributed by atoms with Gasteiger partial charge in [0, 0.05) is 18.2 Å². The molecule has 2 rings (SSSR count). The van der Waals surface area contributed by atoms with Crippen LogP contribution in [0.4, 0.5) is 14.5 Å². The van der Waals surface area contributed by atoms with Crippen molar-refractivity contribution >= 4 is 27.5 Å². The molecule has 3 N–H and O–H groups in total. The number of rotatable bonds is 4. The van der Waals surface area contributed by atoms with E-state index in [9.17, 15) is 13.6 Å². The van der Waals surface area contributed by atoms with Crippen LogP contribution >= 0.6 is 15.9 Å². The van der Waals surface area contributed by atoms with Crippen molar-refractivity contribution in [1.82, 2.24) is 0 Å². The standard InChI is InChI=1S/C14H11BrF2N2O/c15-10-5-13(12(17)6-11(10)16)19-7-8-3-1-2-4-9(8)14(18)20/h1-6,19H,7H2,(H2,18,20). The number of carbonyl (C=O) groups excluding carboxylic acids is 1. The van der Waals surface area contributed by atoms with Gasteiger partial charge in [0.15, 0.2) is 0 Å². The van der Waals surface area contributed by atoms with E-state index >= 15 is 0 Å². The van der Waals surface area contributed by atoms with E-state index in [1.165, 1.54) is 6.07 Å². The largest absolute Gasteiger partial charge is 0.379 e. The molecule has 0 bridgehead atoms. The van der Waals surface area contributed by atoms with E-state index < -0.39 is 17.5 Å². The van der Waals surface area contributed by atoms with Crippen molar-refractivity contribution < 1.29 is 13.6 Å². The number of nitrogens with one attached hydrogen (secondary N) is 1. The summed E-state index contributed by atoms with van der Waals surface area (Å²) in [5.41, 5.74) is 6.40. The number of anilines is 1. The molecule has 0 spiro atoms. The van der Waals surface area contributed by atoms with Gasteiger partial charge >= 0.3 is 0 Å². The number of benzene rings is 2. The van der Waals surface area contributed by atoms with Gasteiger partial charge in [-0.15, -0.1) is 0 Å². The number of primary amides is 1.